The maximum absolute atomic E-state index is 12.8. The summed E-state index contributed by atoms with van der Waals surface area (Å²) in [5.74, 6) is 0.0885. The predicted octanol–water partition coefficient (Wildman–Crippen LogP) is 3.16. The van der Waals surface area contributed by atoms with Crippen LogP contribution in [0.25, 0.3) is 0 Å². The van der Waals surface area contributed by atoms with Gasteiger partial charge in [0.2, 0.25) is 5.91 Å². The van der Waals surface area contributed by atoms with Gasteiger partial charge in [0.25, 0.3) is 0 Å². The van der Waals surface area contributed by atoms with Gasteiger partial charge in [0.15, 0.2) is 5.78 Å². The second kappa shape index (κ2) is 8.08. The van der Waals surface area contributed by atoms with Crippen molar-refractivity contribution < 1.29 is 9.59 Å². The van der Waals surface area contributed by atoms with E-state index in [-0.39, 0.29) is 30.6 Å². The molecule has 0 aliphatic carbocycles. The fourth-order valence-corrected chi connectivity index (χ4v) is 3.31. The van der Waals surface area contributed by atoms with Crippen LogP contribution in [0.15, 0.2) is 60.7 Å². The normalized spacial score (nSPS) is 18.1. The summed E-state index contributed by atoms with van der Waals surface area (Å²) < 4.78 is 0. The van der Waals surface area contributed by atoms with Crippen molar-refractivity contribution in [2.24, 2.45) is 0 Å². The lowest BCUT2D eigenvalue weighted by Crippen LogP contribution is -2.49. The largest absolute Gasteiger partial charge is 0.333 e. The van der Waals surface area contributed by atoms with E-state index in [2.05, 4.69) is 24.1 Å². The summed E-state index contributed by atoms with van der Waals surface area (Å²) in [6.45, 7) is 2.39. The summed E-state index contributed by atoms with van der Waals surface area (Å²) in [4.78, 5) is 29.2. The lowest BCUT2D eigenvalue weighted by Gasteiger charge is -2.40. The van der Waals surface area contributed by atoms with Crippen molar-refractivity contribution in [3.05, 3.63) is 71.8 Å². The van der Waals surface area contributed by atoms with E-state index in [9.17, 15) is 9.59 Å². The summed E-state index contributed by atoms with van der Waals surface area (Å²) in [5, 5.41) is 0. The summed E-state index contributed by atoms with van der Waals surface area (Å²) in [5.41, 5.74) is 1.82. The van der Waals surface area contributed by atoms with Crippen LogP contribution in [0.3, 0.4) is 0 Å². The number of Topliss-reactive ketones (excluding diaryl/α,β-unsaturated/α-hetero) is 1. The Morgan fingerprint density at radius 3 is 2.24 bits per heavy atom. The van der Waals surface area contributed by atoms with Crippen LogP contribution >= 0.6 is 0 Å². The highest BCUT2D eigenvalue weighted by atomic mass is 16.2. The molecule has 1 saturated heterocycles. The van der Waals surface area contributed by atoms with Gasteiger partial charge in [-0.1, -0.05) is 60.7 Å². The first-order chi connectivity index (χ1) is 12.1. The highest BCUT2D eigenvalue weighted by molar-refractivity contribution is 5.97. The first-order valence-electron chi connectivity index (χ1n) is 8.76. The molecule has 130 valence electrons. The molecule has 4 heteroatoms. The number of piperazine rings is 1. The van der Waals surface area contributed by atoms with Crippen LogP contribution in [0.2, 0.25) is 0 Å². The topological polar surface area (TPSA) is 40.6 Å². The molecule has 1 aliphatic heterocycles. The molecule has 3 rings (SSSR count). The third-order valence-electron chi connectivity index (χ3n) is 4.75. The van der Waals surface area contributed by atoms with E-state index < -0.39 is 0 Å². The Balaban J connectivity index is 1.66. The van der Waals surface area contributed by atoms with Crippen LogP contribution in [0, 0.1) is 0 Å². The number of hydrogen-bond acceptors (Lipinski definition) is 3. The van der Waals surface area contributed by atoms with Gasteiger partial charge >= 0.3 is 0 Å². The molecular weight excluding hydrogens is 312 g/mol. The highest BCUT2D eigenvalue weighted by Crippen LogP contribution is 2.25. The van der Waals surface area contributed by atoms with Crippen molar-refractivity contribution in [2.75, 3.05) is 26.7 Å². The second-order valence-electron chi connectivity index (χ2n) is 6.57. The Bertz CT molecular complexity index is 715. The van der Waals surface area contributed by atoms with E-state index in [1.807, 2.05) is 41.3 Å². The highest BCUT2D eigenvalue weighted by Gasteiger charge is 2.30. The van der Waals surface area contributed by atoms with E-state index in [1.54, 1.807) is 12.1 Å². The third-order valence-corrected chi connectivity index (χ3v) is 4.75. The molecule has 25 heavy (non-hydrogen) atoms. The van der Waals surface area contributed by atoms with Crippen LogP contribution in [0.4, 0.5) is 0 Å². The Labute approximate surface area is 149 Å². The van der Waals surface area contributed by atoms with Gasteiger partial charge in [0.05, 0.1) is 6.04 Å². The standard InChI is InChI=1S/C21H24N2O2/c1-22-14-15-23(19(16-22)17-8-4-2-5-9-17)21(25)13-12-20(24)18-10-6-3-7-11-18/h2-11,19H,12-16H2,1H3/t19-/m1/s1. The van der Waals surface area contributed by atoms with Gasteiger partial charge in [-0.15, -0.1) is 0 Å². The van der Waals surface area contributed by atoms with Gasteiger partial charge in [-0.2, -0.15) is 0 Å². The number of ketones is 1. The number of carbonyl (C=O) groups excluding carboxylic acids is 2. The minimum atomic E-state index is 0.0272. The molecule has 0 spiro atoms. The quantitative estimate of drug-likeness (QED) is 0.788. The third kappa shape index (κ3) is 4.34. The Kier molecular flexibility index (Phi) is 5.61. The van der Waals surface area contributed by atoms with Crippen molar-refractivity contribution in [2.45, 2.75) is 18.9 Å². The Morgan fingerprint density at radius 1 is 0.920 bits per heavy atom. The maximum Gasteiger partial charge on any atom is 0.223 e. The molecule has 0 unspecified atom stereocenters. The lowest BCUT2D eigenvalue weighted by molar-refractivity contribution is -0.136. The SMILES string of the molecule is CN1CCN(C(=O)CCC(=O)c2ccccc2)[C@@H](c2ccccc2)C1. The molecular formula is C21H24N2O2. The van der Waals surface area contributed by atoms with Crippen LogP contribution in [0.5, 0.6) is 0 Å². The first kappa shape index (κ1) is 17.4. The molecule has 0 saturated carbocycles. The van der Waals surface area contributed by atoms with Crippen LogP contribution in [0.1, 0.15) is 34.8 Å². The molecule has 0 radical (unpaired) electrons. The number of likely N-dealkylation sites (N-methyl/N-ethyl adjacent to an activating group) is 1. The summed E-state index contributed by atoms with van der Waals surface area (Å²) in [6, 6.07) is 19.4. The number of benzene rings is 2. The molecule has 1 fully saturated rings. The fourth-order valence-electron chi connectivity index (χ4n) is 3.31. The zero-order valence-corrected chi connectivity index (χ0v) is 14.6. The Morgan fingerprint density at radius 2 is 1.56 bits per heavy atom. The smallest absolute Gasteiger partial charge is 0.223 e. The molecule has 1 amide bonds. The molecule has 1 heterocycles. The van der Waals surface area contributed by atoms with E-state index in [4.69, 9.17) is 0 Å². The van der Waals surface area contributed by atoms with Crippen molar-refractivity contribution >= 4 is 11.7 Å². The minimum Gasteiger partial charge on any atom is -0.333 e. The number of carbonyl (C=O) groups is 2. The van der Waals surface area contributed by atoms with E-state index in [0.717, 1.165) is 18.7 Å². The van der Waals surface area contributed by atoms with Gasteiger partial charge in [-0.3, -0.25) is 9.59 Å². The molecule has 0 aromatic heterocycles. The van der Waals surface area contributed by atoms with Crippen LogP contribution < -0.4 is 0 Å². The van der Waals surface area contributed by atoms with Gasteiger partial charge in [-0.05, 0) is 12.6 Å². The summed E-state index contributed by atoms with van der Waals surface area (Å²) in [7, 11) is 2.08. The number of nitrogens with zero attached hydrogens (tertiary/aromatic N) is 2. The van der Waals surface area contributed by atoms with E-state index >= 15 is 0 Å². The molecule has 2 aromatic rings. The molecule has 4 nitrogen and oxygen atoms in total. The average molecular weight is 336 g/mol. The molecule has 0 bridgehead atoms. The Hall–Kier alpha value is -2.46. The average Bonchev–Trinajstić information content (AvgIpc) is 2.67. The van der Waals surface area contributed by atoms with Crippen molar-refractivity contribution in [3.63, 3.8) is 0 Å². The number of hydrogen-bond donors (Lipinski definition) is 0. The molecule has 0 N–H and O–H groups in total. The number of rotatable bonds is 5. The minimum absolute atomic E-state index is 0.0272. The lowest BCUT2D eigenvalue weighted by atomic mass is 10.0. The second-order valence-corrected chi connectivity index (χ2v) is 6.57. The monoisotopic (exact) mass is 336 g/mol. The zero-order valence-electron chi connectivity index (χ0n) is 14.6. The number of amides is 1. The van der Waals surface area contributed by atoms with Gasteiger partial charge in [0, 0.05) is 38.0 Å². The van der Waals surface area contributed by atoms with Crippen LogP contribution in [-0.2, 0) is 4.79 Å². The van der Waals surface area contributed by atoms with Gasteiger partial charge in [-0.25, -0.2) is 0 Å². The fraction of sp³-hybridized carbons (Fsp3) is 0.333. The van der Waals surface area contributed by atoms with Crippen molar-refractivity contribution in [3.8, 4) is 0 Å². The summed E-state index contributed by atoms with van der Waals surface area (Å²) in [6.07, 6.45) is 0.525. The molecule has 1 atom stereocenters. The van der Waals surface area contributed by atoms with Crippen molar-refractivity contribution in [1.82, 2.24) is 9.80 Å². The molecule has 1 aliphatic rings. The molecule has 2 aromatic carbocycles. The van der Waals surface area contributed by atoms with E-state index in [0.29, 0.717) is 12.1 Å². The maximum atomic E-state index is 12.8. The van der Waals surface area contributed by atoms with Gasteiger partial charge in [0.1, 0.15) is 0 Å². The van der Waals surface area contributed by atoms with Crippen LogP contribution in [-0.4, -0.2) is 48.2 Å². The van der Waals surface area contributed by atoms with Gasteiger partial charge < -0.3 is 9.80 Å². The zero-order chi connectivity index (χ0) is 17.6. The first-order valence-corrected chi connectivity index (χ1v) is 8.76. The van der Waals surface area contributed by atoms with E-state index in [1.165, 1.54) is 0 Å². The van der Waals surface area contributed by atoms with Crippen molar-refractivity contribution in [1.29, 1.82) is 0 Å². The predicted molar refractivity (Wildman–Crippen MR) is 98.4 cm³/mol. The summed E-state index contributed by atoms with van der Waals surface area (Å²) >= 11 is 0.